The van der Waals surface area contributed by atoms with Crippen molar-refractivity contribution in [2.24, 2.45) is 5.73 Å². The normalized spacial score (nSPS) is 13.1. The first-order valence-corrected chi connectivity index (χ1v) is 8.84. The van der Waals surface area contributed by atoms with Crippen molar-refractivity contribution in [1.82, 2.24) is 10.6 Å². The van der Waals surface area contributed by atoms with Gasteiger partial charge in [0.2, 0.25) is 5.91 Å². The van der Waals surface area contributed by atoms with E-state index in [1.165, 1.54) is 11.3 Å². The van der Waals surface area contributed by atoms with E-state index in [2.05, 4.69) is 10.6 Å². The SMILES string of the molecule is C[C@H](NC(=O)C[C@H](NC(N)=O)c1cccs1)c1ccc(Cl)c(Cl)c1. The fourth-order valence-electron chi connectivity index (χ4n) is 2.23. The summed E-state index contributed by atoms with van der Waals surface area (Å²) in [6.45, 7) is 1.85. The van der Waals surface area contributed by atoms with Gasteiger partial charge in [-0.25, -0.2) is 4.79 Å². The first-order chi connectivity index (χ1) is 11.4. The molecular formula is C16H17Cl2N3O2S. The van der Waals surface area contributed by atoms with Crippen LogP contribution in [0.4, 0.5) is 4.79 Å². The van der Waals surface area contributed by atoms with Crippen molar-refractivity contribution < 1.29 is 9.59 Å². The maximum atomic E-state index is 12.3. The summed E-state index contributed by atoms with van der Waals surface area (Å²) in [4.78, 5) is 24.3. The summed E-state index contributed by atoms with van der Waals surface area (Å²) in [6.07, 6.45) is 0.0924. The third kappa shape index (κ3) is 5.12. The van der Waals surface area contributed by atoms with Crippen molar-refractivity contribution in [2.75, 3.05) is 0 Å². The lowest BCUT2D eigenvalue weighted by molar-refractivity contribution is -0.122. The molecule has 0 fully saturated rings. The van der Waals surface area contributed by atoms with Gasteiger partial charge in [-0.2, -0.15) is 0 Å². The maximum absolute atomic E-state index is 12.3. The summed E-state index contributed by atoms with van der Waals surface area (Å²) in [5.74, 6) is -0.208. The highest BCUT2D eigenvalue weighted by molar-refractivity contribution is 7.10. The second-order valence-corrected chi connectivity index (χ2v) is 7.04. The number of thiophene rings is 1. The number of urea groups is 1. The molecule has 2 rings (SSSR count). The molecule has 0 bridgehead atoms. The summed E-state index contributed by atoms with van der Waals surface area (Å²) in [6, 6.07) is 7.54. The topological polar surface area (TPSA) is 84.2 Å². The Morgan fingerprint density at radius 3 is 2.54 bits per heavy atom. The largest absolute Gasteiger partial charge is 0.352 e. The Morgan fingerprint density at radius 1 is 1.21 bits per heavy atom. The molecule has 0 aliphatic carbocycles. The second kappa shape index (κ2) is 8.37. The van der Waals surface area contributed by atoms with Gasteiger partial charge in [0, 0.05) is 4.88 Å². The van der Waals surface area contributed by atoms with E-state index >= 15 is 0 Å². The average Bonchev–Trinajstić information content (AvgIpc) is 3.03. The van der Waals surface area contributed by atoms with Crippen LogP contribution in [0.3, 0.4) is 0 Å². The number of carbonyl (C=O) groups excluding carboxylic acids is 2. The predicted molar refractivity (Wildman–Crippen MR) is 97.4 cm³/mol. The summed E-state index contributed by atoms with van der Waals surface area (Å²) in [5, 5.41) is 8.24. The lowest BCUT2D eigenvalue weighted by atomic mass is 10.1. The first-order valence-electron chi connectivity index (χ1n) is 7.20. The highest BCUT2D eigenvalue weighted by Gasteiger charge is 2.20. The van der Waals surface area contributed by atoms with Crippen LogP contribution in [0.25, 0.3) is 0 Å². The quantitative estimate of drug-likeness (QED) is 0.700. The minimum absolute atomic E-state index is 0.0924. The number of amides is 3. The Labute approximate surface area is 154 Å². The number of rotatable bonds is 6. The van der Waals surface area contributed by atoms with E-state index in [1.54, 1.807) is 18.2 Å². The van der Waals surface area contributed by atoms with Crippen molar-refractivity contribution in [3.63, 3.8) is 0 Å². The molecule has 0 saturated carbocycles. The van der Waals surface area contributed by atoms with Gasteiger partial charge in [-0.05, 0) is 36.1 Å². The van der Waals surface area contributed by atoms with Crippen molar-refractivity contribution >= 4 is 46.5 Å². The van der Waals surface area contributed by atoms with E-state index in [1.807, 2.05) is 24.4 Å². The third-order valence-electron chi connectivity index (χ3n) is 3.41. The minimum atomic E-state index is -0.668. The maximum Gasteiger partial charge on any atom is 0.312 e. The number of benzene rings is 1. The fraction of sp³-hybridized carbons (Fsp3) is 0.250. The molecule has 2 aromatic rings. The Kier molecular flexibility index (Phi) is 6.48. The molecular weight excluding hydrogens is 369 g/mol. The highest BCUT2D eigenvalue weighted by Crippen LogP contribution is 2.26. The Hall–Kier alpha value is -1.76. The Bertz CT molecular complexity index is 722. The molecule has 8 heteroatoms. The Morgan fingerprint density at radius 2 is 1.96 bits per heavy atom. The van der Waals surface area contributed by atoms with Gasteiger partial charge in [-0.15, -0.1) is 11.3 Å². The monoisotopic (exact) mass is 385 g/mol. The number of nitrogens with one attached hydrogen (secondary N) is 2. The minimum Gasteiger partial charge on any atom is -0.352 e. The molecule has 1 heterocycles. The van der Waals surface area contributed by atoms with E-state index in [0.717, 1.165) is 10.4 Å². The van der Waals surface area contributed by atoms with E-state index in [0.29, 0.717) is 10.0 Å². The van der Waals surface area contributed by atoms with E-state index < -0.39 is 12.1 Å². The molecule has 0 spiro atoms. The number of primary amides is 1. The van der Waals surface area contributed by atoms with Gasteiger partial charge in [0.1, 0.15) is 0 Å². The van der Waals surface area contributed by atoms with E-state index in [-0.39, 0.29) is 18.4 Å². The van der Waals surface area contributed by atoms with Crippen LogP contribution in [0, 0.1) is 0 Å². The number of hydrogen-bond acceptors (Lipinski definition) is 3. The molecule has 4 N–H and O–H groups in total. The smallest absolute Gasteiger partial charge is 0.312 e. The van der Waals surface area contributed by atoms with Crippen LogP contribution >= 0.6 is 34.5 Å². The van der Waals surface area contributed by atoms with Gasteiger partial charge in [-0.1, -0.05) is 35.3 Å². The molecule has 0 aliphatic rings. The molecule has 5 nitrogen and oxygen atoms in total. The van der Waals surface area contributed by atoms with E-state index in [9.17, 15) is 9.59 Å². The molecule has 0 saturated heterocycles. The number of hydrogen-bond donors (Lipinski definition) is 3. The van der Waals surface area contributed by atoms with Gasteiger partial charge >= 0.3 is 6.03 Å². The van der Waals surface area contributed by atoms with Crippen LogP contribution in [0.2, 0.25) is 10.0 Å². The molecule has 24 heavy (non-hydrogen) atoms. The molecule has 128 valence electrons. The molecule has 0 unspecified atom stereocenters. The van der Waals surface area contributed by atoms with Crippen molar-refractivity contribution in [1.29, 1.82) is 0 Å². The molecule has 0 radical (unpaired) electrons. The zero-order valence-electron chi connectivity index (χ0n) is 12.9. The van der Waals surface area contributed by atoms with Crippen LogP contribution in [0.1, 0.15) is 35.9 Å². The zero-order valence-corrected chi connectivity index (χ0v) is 15.2. The number of carbonyl (C=O) groups is 2. The van der Waals surface area contributed by atoms with Gasteiger partial charge in [0.25, 0.3) is 0 Å². The van der Waals surface area contributed by atoms with Gasteiger partial charge in [0.15, 0.2) is 0 Å². The molecule has 2 atom stereocenters. The van der Waals surface area contributed by atoms with Crippen LogP contribution in [-0.4, -0.2) is 11.9 Å². The summed E-state index contributed by atoms with van der Waals surface area (Å²) < 4.78 is 0. The van der Waals surface area contributed by atoms with Crippen LogP contribution in [-0.2, 0) is 4.79 Å². The predicted octanol–water partition coefficient (Wildman–Crippen LogP) is 4.03. The average molecular weight is 386 g/mol. The Balaban J connectivity index is 2.02. The summed E-state index contributed by atoms with van der Waals surface area (Å²) >= 11 is 13.3. The second-order valence-electron chi connectivity index (χ2n) is 5.24. The highest BCUT2D eigenvalue weighted by atomic mass is 35.5. The molecule has 3 amide bonds. The van der Waals surface area contributed by atoms with Crippen molar-refractivity contribution in [2.45, 2.75) is 25.4 Å². The molecule has 0 aliphatic heterocycles. The van der Waals surface area contributed by atoms with Crippen LogP contribution in [0.5, 0.6) is 0 Å². The fourth-order valence-corrected chi connectivity index (χ4v) is 3.32. The van der Waals surface area contributed by atoms with Crippen molar-refractivity contribution in [3.05, 3.63) is 56.2 Å². The van der Waals surface area contributed by atoms with Crippen LogP contribution < -0.4 is 16.4 Å². The van der Waals surface area contributed by atoms with Crippen LogP contribution in [0.15, 0.2) is 35.7 Å². The third-order valence-corrected chi connectivity index (χ3v) is 5.14. The number of halogens is 2. The van der Waals surface area contributed by atoms with E-state index in [4.69, 9.17) is 28.9 Å². The van der Waals surface area contributed by atoms with Gasteiger partial charge < -0.3 is 16.4 Å². The lowest BCUT2D eigenvalue weighted by Crippen LogP contribution is -2.36. The first kappa shape index (κ1) is 18.6. The zero-order chi connectivity index (χ0) is 17.7. The summed E-state index contributed by atoms with van der Waals surface area (Å²) in [7, 11) is 0. The van der Waals surface area contributed by atoms with Gasteiger partial charge in [-0.3, -0.25) is 4.79 Å². The summed E-state index contributed by atoms with van der Waals surface area (Å²) in [5.41, 5.74) is 6.03. The molecule has 1 aromatic heterocycles. The van der Waals surface area contributed by atoms with Gasteiger partial charge in [0.05, 0.1) is 28.5 Å². The number of nitrogens with two attached hydrogens (primary N) is 1. The standard InChI is InChI=1S/C16H17Cl2N3O2S/c1-9(10-4-5-11(17)12(18)7-10)20-15(22)8-13(21-16(19)23)14-3-2-6-24-14/h2-7,9,13H,8H2,1H3,(H,20,22)(H3,19,21,23)/t9-,13-/m0/s1. The molecule has 1 aromatic carbocycles. The lowest BCUT2D eigenvalue weighted by Gasteiger charge is -2.19. The van der Waals surface area contributed by atoms with Crippen molar-refractivity contribution in [3.8, 4) is 0 Å².